The zero-order chi connectivity index (χ0) is 15.3. The molecule has 7 heteroatoms. The van der Waals surface area contributed by atoms with Crippen molar-refractivity contribution in [2.75, 3.05) is 13.1 Å². The normalized spacial score (nSPS) is 11.5. The molecule has 0 bridgehead atoms. The van der Waals surface area contributed by atoms with Gasteiger partial charge in [0.05, 0.1) is 0 Å². The predicted octanol–water partition coefficient (Wildman–Crippen LogP) is 3.71. The molecule has 0 atom stereocenters. The van der Waals surface area contributed by atoms with Crippen molar-refractivity contribution < 1.29 is 18.0 Å². The molecule has 0 saturated carbocycles. The minimum Gasteiger partial charge on any atom is -0.330 e. The van der Waals surface area contributed by atoms with Crippen molar-refractivity contribution in [2.45, 2.75) is 32.9 Å². The van der Waals surface area contributed by atoms with E-state index in [0.29, 0.717) is 12.1 Å². The summed E-state index contributed by atoms with van der Waals surface area (Å²) in [6.45, 7) is 2.14. The molecule has 0 N–H and O–H groups in total. The number of hydrogen-bond donors (Lipinski definition) is 0. The van der Waals surface area contributed by atoms with E-state index in [-0.39, 0.29) is 17.3 Å². The first kappa shape index (κ1) is 16.8. The Morgan fingerprint density at radius 2 is 2.00 bits per heavy atom. The van der Waals surface area contributed by atoms with E-state index >= 15 is 0 Å². The van der Waals surface area contributed by atoms with Crippen LogP contribution in [0.2, 0.25) is 5.15 Å². The second kappa shape index (κ2) is 6.92. The fourth-order valence-corrected chi connectivity index (χ4v) is 2.01. The maximum Gasteiger partial charge on any atom is 0.406 e. The van der Waals surface area contributed by atoms with Gasteiger partial charge >= 0.3 is 6.18 Å². The summed E-state index contributed by atoms with van der Waals surface area (Å²) in [5.74, 6) is -0.688. The van der Waals surface area contributed by atoms with E-state index in [1.165, 1.54) is 19.1 Å². The zero-order valence-corrected chi connectivity index (χ0v) is 12.1. The molecule has 1 amide bonds. The maximum absolute atomic E-state index is 12.4. The van der Waals surface area contributed by atoms with Gasteiger partial charge in [-0.1, -0.05) is 24.9 Å². The van der Waals surface area contributed by atoms with E-state index in [4.69, 9.17) is 11.6 Å². The van der Waals surface area contributed by atoms with Crippen LogP contribution in [0, 0.1) is 0 Å². The lowest BCUT2D eigenvalue weighted by Gasteiger charge is -2.22. The third-order valence-corrected chi connectivity index (χ3v) is 2.83. The molecule has 0 aliphatic carbocycles. The molecule has 0 fully saturated rings. The minimum atomic E-state index is -4.42. The number of aromatic nitrogens is 1. The van der Waals surface area contributed by atoms with Crippen LogP contribution < -0.4 is 0 Å². The molecule has 20 heavy (non-hydrogen) atoms. The SMILES string of the molecule is CCCc1cc(C(=O)N(CC)CC(F)(F)F)cc(Cl)n1. The second-order valence-electron chi connectivity index (χ2n) is 4.35. The van der Waals surface area contributed by atoms with Gasteiger partial charge in [0, 0.05) is 17.8 Å². The molecule has 112 valence electrons. The second-order valence-corrected chi connectivity index (χ2v) is 4.74. The Kier molecular flexibility index (Phi) is 5.80. The number of aryl methyl sites for hydroxylation is 1. The van der Waals surface area contributed by atoms with Gasteiger partial charge in [-0.25, -0.2) is 4.98 Å². The number of halogens is 4. The summed E-state index contributed by atoms with van der Waals surface area (Å²) in [6.07, 6.45) is -3.00. The van der Waals surface area contributed by atoms with Crippen LogP contribution in [0.5, 0.6) is 0 Å². The van der Waals surface area contributed by atoms with Crippen LogP contribution in [0.4, 0.5) is 13.2 Å². The van der Waals surface area contributed by atoms with Crippen molar-refractivity contribution in [3.8, 4) is 0 Å². The zero-order valence-electron chi connectivity index (χ0n) is 11.3. The molecule has 0 saturated heterocycles. The van der Waals surface area contributed by atoms with Gasteiger partial charge in [-0.3, -0.25) is 4.79 Å². The molecule has 0 radical (unpaired) electrons. The fraction of sp³-hybridized carbons (Fsp3) is 0.538. The van der Waals surface area contributed by atoms with E-state index < -0.39 is 18.6 Å². The van der Waals surface area contributed by atoms with Crippen LogP contribution in [-0.4, -0.2) is 35.1 Å². The van der Waals surface area contributed by atoms with Crippen molar-refractivity contribution in [1.29, 1.82) is 0 Å². The standard InChI is InChI=1S/C13H16ClF3N2O/c1-3-5-10-6-9(7-11(14)18-10)12(20)19(4-2)8-13(15,16)17/h6-7H,3-5,8H2,1-2H3. The fourth-order valence-electron chi connectivity index (χ4n) is 1.79. The van der Waals surface area contributed by atoms with Crippen molar-refractivity contribution in [1.82, 2.24) is 9.88 Å². The number of carbonyl (C=O) groups is 1. The summed E-state index contributed by atoms with van der Waals surface area (Å²) in [6, 6.07) is 2.79. The largest absolute Gasteiger partial charge is 0.406 e. The Morgan fingerprint density at radius 3 is 2.50 bits per heavy atom. The molecule has 1 aromatic rings. The van der Waals surface area contributed by atoms with Crippen molar-refractivity contribution in [2.24, 2.45) is 0 Å². The van der Waals surface area contributed by atoms with Crippen molar-refractivity contribution >= 4 is 17.5 Å². The Balaban J connectivity index is 3.00. The van der Waals surface area contributed by atoms with Crippen LogP contribution in [0.3, 0.4) is 0 Å². The van der Waals surface area contributed by atoms with Gasteiger partial charge in [0.1, 0.15) is 11.7 Å². The third kappa shape index (κ3) is 5.00. The van der Waals surface area contributed by atoms with E-state index in [1.54, 1.807) is 0 Å². The lowest BCUT2D eigenvalue weighted by molar-refractivity contribution is -0.140. The summed E-state index contributed by atoms with van der Waals surface area (Å²) in [5.41, 5.74) is 0.742. The highest BCUT2D eigenvalue weighted by Gasteiger charge is 2.32. The minimum absolute atomic E-state index is 0.0264. The molecule has 0 spiro atoms. The van der Waals surface area contributed by atoms with Gasteiger partial charge in [0.2, 0.25) is 0 Å². The van der Waals surface area contributed by atoms with Crippen LogP contribution in [0.15, 0.2) is 12.1 Å². The van der Waals surface area contributed by atoms with Crippen LogP contribution in [0.1, 0.15) is 36.3 Å². The number of carbonyl (C=O) groups excluding carboxylic acids is 1. The van der Waals surface area contributed by atoms with Gasteiger partial charge in [-0.05, 0) is 25.5 Å². The summed E-state index contributed by atoms with van der Waals surface area (Å²) in [4.78, 5) is 16.9. The monoisotopic (exact) mass is 308 g/mol. The van der Waals surface area contributed by atoms with Crippen molar-refractivity contribution in [3.05, 3.63) is 28.5 Å². The Hall–Kier alpha value is -1.30. The van der Waals surface area contributed by atoms with Crippen LogP contribution in [0.25, 0.3) is 0 Å². The Bertz CT molecular complexity index is 477. The van der Waals surface area contributed by atoms with Gasteiger partial charge in [-0.2, -0.15) is 13.2 Å². The van der Waals surface area contributed by atoms with E-state index in [2.05, 4.69) is 4.98 Å². The first-order valence-electron chi connectivity index (χ1n) is 6.29. The third-order valence-electron chi connectivity index (χ3n) is 2.64. The lowest BCUT2D eigenvalue weighted by Crippen LogP contribution is -2.38. The molecule has 0 aliphatic heterocycles. The molecular formula is C13H16ClF3N2O. The highest BCUT2D eigenvalue weighted by Crippen LogP contribution is 2.19. The van der Waals surface area contributed by atoms with Gasteiger partial charge in [-0.15, -0.1) is 0 Å². The average molecular weight is 309 g/mol. The molecule has 1 heterocycles. The topological polar surface area (TPSA) is 33.2 Å². The molecule has 3 nitrogen and oxygen atoms in total. The van der Waals surface area contributed by atoms with Crippen molar-refractivity contribution in [3.63, 3.8) is 0 Å². The molecule has 1 rings (SSSR count). The number of amides is 1. The summed E-state index contributed by atoms with van der Waals surface area (Å²) in [7, 11) is 0. The maximum atomic E-state index is 12.4. The molecular weight excluding hydrogens is 293 g/mol. The molecule has 0 unspecified atom stereocenters. The van der Waals surface area contributed by atoms with Crippen LogP contribution in [-0.2, 0) is 6.42 Å². The highest BCUT2D eigenvalue weighted by molar-refractivity contribution is 6.29. The predicted molar refractivity (Wildman–Crippen MR) is 70.9 cm³/mol. The summed E-state index contributed by atoms with van der Waals surface area (Å²) < 4.78 is 37.2. The smallest absolute Gasteiger partial charge is 0.330 e. The average Bonchev–Trinajstić information content (AvgIpc) is 2.33. The van der Waals surface area contributed by atoms with Gasteiger partial charge in [0.15, 0.2) is 0 Å². The highest BCUT2D eigenvalue weighted by atomic mass is 35.5. The number of pyridine rings is 1. The molecule has 0 aromatic carbocycles. The number of rotatable bonds is 5. The number of nitrogens with zero attached hydrogens (tertiary/aromatic N) is 2. The van der Waals surface area contributed by atoms with Crippen LogP contribution >= 0.6 is 11.6 Å². The van der Waals surface area contributed by atoms with Gasteiger partial charge in [0.25, 0.3) is 5.91 Å². The Labute approximate surface area is 120 Å². The lowest BCUT2D eigenvalue weighted by atomic mass is 10.1. The number of alkyl halides is 3. The summed E-state index contributed by atoms with van der Waals surface area (Å²) in [5, 5.41) is 0.113. The van der Waals surface area contributed by atoms with E-state index in [1.807, 2.05) is 6.92 Å². The molecule has 0 aliphatic rings. The first-order chi connectivity index (χ1) is 9.26. The van der Waals surface area contributed by atoms with E-state index in [9.17, 15) is 18.0 Å². The Morgan fingerprint density at radius 1 is 1.35 bits per heavy atom. The first-order valence-corrected chi connectivity index (χ1v) is 6.67. The van der Waals surface area contributed by atoms with E-state index in [0.717, 1.165) is 11.3 Å². The molecule has 1 aromatic heterocycles. The van der Waals surface area contributed by atoms with Gasteiger partial charge < -0.3 is 4.90 Å². The quantitative estimate of drug-likeness (QED) is 0.777. The number of hydrogen-bond acceptors (Lipinski definition) is 2. The summed E-state index contributed by atoms with van der Waals surface area (Å²) >= 11 is 5.81.